The third-order valence-electron chi connectivity index (χ3n) is 2.89. The van der Waals surface area contributed by atoms with Gasteiger partial charge in [-0.1, -0.05) is 36.7 Å². The normalized spacial score (nSPS) is 11.3. The van der Waals surface area contributed by atoms with Crippen molar-refractivity contribution in [1.82, 2.24) is 5.43 Å². The second kappa shape index (κ2) is 6.99. The topological polar surface area (TPSA) is 41.5 Å². The van der Waals surface area contributed by atoms with Gasteiger partial charge in [0.15, 0.2) is 0 Å². The van der Waals surface area contributed by atoms with Crippen molar-refractivity contribution < 1.29 is 9.18 Å². The van der Waals surface area contributed by atoms with E-state index in [0.717, 1.165) is 11.3 Å². The highest BCUT2D eigenvalue weighted by Gasteiger charge is 2.07. The van der Waals surface area contributed by atoms with Crippen LogP contribution < -0.4 is 5.43 Å². The molecule has 0 aliphatic rings. The first-order valence-electron chi connectivity index (χ1n) is 6.48. The Balaban J connectivity index is 2.14. The van der Waals surface area contributed by atoms with E-state index in [4.69, 9.17) is 11.6 Å². The summed E-state index contributed by atoms with van der Waals surface area (Å²) in [5.41, 5.74) is 4.26. The highest BCUT2D eigenvalue weighted by atomic mass is 35.5. The molecule has 2 rings (SSSR count). The van der Waals surface area contributed by atoms with E-state index in [1.807, 2.05) is 19.1 Å². The van der Waals surface area contributed by atoms with Crippen LogP contribution in [0.5, 0.6) is 0 Å². The van der Waals surface area contributed by atoms with E-state index in [2.05, 4.69) is 10.5 Å². The SMILES string of the molecule is CC/C(=N\NC(=O)c1cccc(F)c1)c1ccc(Cl)cc1. The van der Waals surface area contributed by atoms with Gasteiger partial charge in [-0.05, 0) is 42.3 Å². The van der Waals surface area contributed by atoms with Crippen molar-refractivity contribution in [1.29, 1.82) is 0 Å². The molecule has 0 aromatic heterocycles. The highest BCUT2D eigenvalue weighted by molar-refractivity contribution is 6.30. The summed E-state index contributed by atoms with van der Waals surface area (Å²) in [6, 6.07) is 12.6. The summed E-state index contributed by atoms with van der Waals surface area (Å²) in [6.07, 6.45) is 0.644. The van der Waals surface area contributed by atoms with Gasteiger partial charge in [0.2, 0.25) is 0 Å². The van der Waals surface area contributed by atoms with Gasteiger partial charge in [-0.2, -0.15) is 5.10 Å². The van der Waals surface area contributed by atoms with Crippen molar-refractivity contribution in [3.8, 4) is 0 Å². The lowest BCUT2D eigenvalue weighted by molar-refractivity contribution is 0.0954. The third-order valence-corrected chi connectivity index (χ3v) is 3.14. The van der Waals surface area contributed by atoms with E-state index in [9.17, 15) is 9.18 Å². The molecule has 0 heterocycles. The zero-order valence-corrected chi connectivity index (χ0v) is 12.2. The fraction of sp³-hybridized carbons (Fsp3) is 0.125. The van der Waals surface area contributed by atoms with Crippen LogP contribution in [0.3, 0.4) is 0 Å². The summed E-state index contributed by atoms with van der Waals surface area (Å²) in [7, 11) is 0. The number of nitrogens with one attached hydrogen (secondary N) is 1. The van der Waals surface area contributed by atoms with Gasteiger partial charge in [-0.3, -0.25) is 4.79 Å². The predicted molar refractivity (Wildman–Crippen MR) is 82.1 cm³/mol. The molecule has 108 valence electrons. The fourth-order valence-electron chi connectivity index (χ4n) is 1.80. The molecule has 0 bridgehead atoms. The molecule has 2 aromatic carbocycles. The van der Waals surface area contributed by atoms with Gasteiger partial charge in [-0.25, -0.2) is 9.82 Å². The van der Waals surface area contributed by atoms with Crippen molar-refractivity contribution >= 4 is 23.2 Å². The van der Waals surface area contributed by atoms with E-state index in [1.54, 1.807) is 12.1 Å². The molecule has 0 aliphatic heterocycles. The Morgan fingerprint density at radius 2 is 1.90 bits per heavy atom. The number of carbonyl (C=O) groups is 1. The molecule has 0 unspecified atom stereocenters. The summed E-state index contributed by atoms with van der Waals surface area (Å²) in [5.74, 6) is -0.908. The van der Waals surface area contributed by atoms with E-state index < -0.39 is 11.7 Å². The molecule has 0 radical (unpaired) electrons. The van der Waals surface area contributed by atoms with Crippen molar-refractivity contribution in [3.05, 3.63) is 70.5 Å². The molecule has 0 saturated heterocycles. The fourth-order valence-corrected chi connectivity index (χ4v) is 1.93. The molecule has 1 amide bonds. The Morgan fingerprint density at radius 3 is 2.52 bits per heavy atom. The minimum Gasteiger partial charge on any atom is -0.267 e. The van der Waals surface area contributed by atoms with Gasteiger partial charge in [0.25, 0.3) is 5.91 Å². The number of hydrogen-bond donors (Lipinski definition) is 1. The molecule has 0 aliphatic carbocycles. The molecule has 0 fully saturated rings. The maximum absolute atomic E-state index is 13.1. The second-order valence-electron chi connectivity index (χ2n) is 4.37. The molecule has 2 aromatic rings. The van der Waals surface area contributed by atoms with Gasteiger partial charge >= 0.3 is 0 Å². The molecule has 1 N–H and O–H groups in total. The van der Waals surface area contributed by atoms with Crippen LogP contribution in [0.2, 0.25) is 5.02 Å². The van der Waals surface area contributed by atoms with Crippen LogP contribution in [0.15, 0.2) is 53.6 Å². The predicted octanol–water partition coefficient (Wildman–Crippen LogP) is 4.02. The van der Waals surface area contributed by atoms with E-state index >= 15 is 0 Å². The van der Waals surface area contributed by atoms with Crippen molar-refractivity contribution in [3.63, 3.8) is 0 Å². The Morgan fingerprint density at radius 1 is 1.19 bits per heavy atom. The first-order chi connectivity index (χ1) is 10.1. The minimum absolute atomic E-state index is 0.227. The molecule has 0 atom stereocenters. The number of halogens is 2. The average Bonchev–Trinajstić information content (AvgIpc) is 2.49. The highest BCUT2D eigenvalue weighted by Crippen LogP contribution is 2.11. The monoisotopic (exact) mass is 304 g/mol. The summed E-state index contributed by atoms with van der Waals surface area (Å²) < 4.78 is 13.1. The Labute approximate surface area is 127 Å². The number of carbonyl (C=O) groups excluding carboxylic acids is 1. The molecule has 21 heavy (non-hydrogen) atoms. The summed E-state index contributed by atoms with van der Waals surface area (Å²) in [6.45, 7) is 1.93. The number of amides is 1. The van der Waals surface area contributed by atoms with Crippen LogP contribution in [0.1, 0.15) is 29.3 Å². The molecular formula is C16H14ClFN2O. The molecule has 0 spiro atoms. The zero-order chi connectivity index (χ0) is 15.2. The molecule has 0 saturated carbocycles. The lowest BCUT2D eigenvalue weighted by Crippen LogP contribution is -2.20. The number of nitrogens with zero attached hydrogens (tertiary/aromatic N) is 1. The van der Waals surface area contributed by atoms with Crippen LogP contribution in [0.4, 0.5) is 4.39 Å². The van der Waals surface area contributed by atoms with Crippen LogP contribution in [-0.2, 0) is 0 Å². The van der Waals surface area contributed by atoms with Gasteiger partial charge in [0.1, 0.15) is 5.82 Å². The van der Waals surface area contributed by atoms with E-state index in [0.29, 0.717) is 11.4 Å². The number of benzene rings is 2. The average molecular weight is 305 g/mol. The lowest BCUT2D eigenvalue weighted by Gasteiger charge is -2.05. The van der Waals surface area contributed by atoms with Crippen LogP contribution in [0.25, 0.3) is 0 Å². The third kappa shape index (κ3) is 4.13. The van der Waals surface area contributed by atoms with Crippen LogP contribution in [-0.4, -0.2) is 11.6 Å². The van der Waals surface area contributed by atoms with Gasteiger partial charge in [0, 0.05) is 10.6 Å². The molecule has 3 nitrogen and oxygen atoms in total. The largest absolute Gasteiger partial charge is 0.271 e. The maximum Gasteiger partial charge on any atom is 0.271 e. The summed E-state index contributed by atoms with van der Waals surface area (Å²) in [4.78, 5) is 11.9. The van der Waals surface area contributed by atoms with Crippen LogP contribution >= 0.6 is 11.6 Å². The molecular weight excluding hydrogens is 291 g/mol. The lowest BCUT2D eigenvalue weighted by atomic mass is 10.1. The Hall–Kier alpha value is -2.20. The first-order valence-corrected chi connectivity index (χ1v) is 6.86. The number of hydrazone groups is 1. The quantitative estimate of drug-likeness (QED) is 0.672. The Kier molecular flexibility index (Phi) is 5.06. The van der Waals surface area contributed by atoms with Gasteiger partial charge < -0.3 is 0 Å². The van der Waals surface area contributed by atoms with Crippen molar-refractivity contribution in [2.24, 2.45) is 5.10 Å². The Bertz CT molecular complexity index is 668. The van der Waals surface area contributed by atoms with Crippen molar-refractivity contribution in [2.45, 2.75) is 13.3 Å². The van der Waals surface area contributed by atoms with E-state index in [1.165, 1.54) is 24.3 Å². The second-order valence-corrected chi connectivity index (χ2v) is 4.81. The first kappa shape index (κ1) is 15.2. The van der Waals surface area contributed by atoms with Crippen molar-refractivity contribution in [2.75, 3.05) is 0 Å². The van der Waals surface area contributed by atoms with Gasteiger partial charge in [0.05, 0.1) is 5.71 Å². The van der Waals surface area contributed by atoms with E-state index in [-0.39, 0.29) is 5.56 Å². The summed E-state index contributed by atoms with van der Waals surface area (Å²) in [5, 5.41) is 4.74. The molecule has 5 heteroatoms. The standard InChI is InChI=1S/C16H14ClFN2O/c1-2-15(11-6-8-13(17)9-7-11)19-20-16(21)12-4-3-5-14(18)10-12/h3-10H,2H2,1H3,(H,20,21)/b19-15+. The number of hydrogen-bond acceptors (Lipinski definition) is 2. The van der Waals surface area contributed by atoms with Gasteiger partial charge in [-0.15, -0.1) is 0 Å². The summed E-state index contributed by atoms with van der Waals surface area (Å²) >= 11 is 5.84. The zero-order valence-electron chi connectivity index (χ0n) is 11.4. The minimum atomic E-state index is -0.458. The smallest absolute Gasteiger partial charge is 0.267 e. The van der Waals surface area contributed by atoms with Crippen LogP contribution in [0, 0.1) is 5.82 Å². The maximum atomic E-state index is 13.1. The number of rotatable bonds is 4.